The minimum atomic E-state index is -0.113. The largest absolute Gasteiger partial charge is 0.468 e. The summed E-state index contributed by atoms with van der Waals surface area (Å²) < 4.78 is 22.3. The second-order valence-electron chi connectivity index (χ2n) is 7.51. The predicted octanol–water partition coefficient (Wildman–Crippen LogP) is 5.96. The first kappa shape index (κ1) is 20.9. The van der Waals surface area contributed by atoms with Gasteiger partial charge in [-0.3, -0.25) is 0 Å². The second-order valence-corrected chi connectivity index (χ2v) is 7.51. The molecule has 4 nitrogen and oxygen atoms in total. The number of hydrogen-bond donors (Lipinski definition) is 0. The minimum absolute atomic E-state index is 0.113. The van der Waals surface area contributed by atoms with Gasteiger partial charge in [0.1, 0.15) is 17.2 Å². The summed E-state index contributed by atoms with van der Waals surface area (Å²) in [6, 6.07) is 25.8. The number of rotatable bonds is 10. The van der Waals surface area contributed by atoms with Gasteiger partial charge in [-0.1, -0.05) is 56.3 Å². The molecule has 3 rings (SSSR count). The third-order valence-corrected chi connectivity index (χ3v) is 4.59. The summed E-state index contributed by atoms with van der Waals surface area (Å²) in [7, 11) is 1.61. The molecular formula is C25H28O4. The molecule has 0 aliphatic rings. The summed E-state index contributed by atoms with van der Waals surface area (Å²) in [5.41, 5.74) is 2.17. The van der Waals surface area contributed by atoms with E-state index in [0.29, 0.717) is 13.2 Å². The van der Waals surface area contributed by atoms with Gasteiger partial charge in [-0.25, -0.2) is 0 Å². The van der Waals surface area contributed by atoms with Gasteiger partial charge in [-0.05, 0) is 47.5 Å². The zero-order valence-corrected chi connectivity index (χ0v) is 17.3. The van der Waals surface area contributed by atoms with Crippen LogP contribution < -0.4 is 9.47 Å². The van der Waals surface area contributed by atoms with Crippen LogP contribution in [0.2, 0.25) is 0 Å². The molecule has 0 aliphatic heterocycles. The highest BCUT2D eigenvalue weighted by Gasteiger charge is 2.21. The molecule has 0 radical (unpaired) electrons. The summed E-state index contributed by atoms with van der Waals surface area (Å²) >= 11 is 0. The van der Waals surface area contributed by atoms with Crippen molar-refractivity contribution in [3.8, 4) is 17.2 Å². The van der Waals surface area contributed by atoms with E-state index >= 15 is 0 Å². The molecule has 0 heterocycles. The molecule has 152 valence electrons. The molecule has 0 N–H and O–H groups in total. The Kier molecular flexibility index (Phi) is 7.28. The van der Waals surface area contributed by atoms with Gasteiger partial charge < -0.3 is 18.9 Å². The summed E-state index contributed by atoms with van der Waals surface area (Å²) in [4.78, 5) is 0. The quantitative estimate of drug-likeness (QED) is 0.399. The van der Waals surface area contributed by atoms with E-state index in [0.717, 1.165) is 22.8 Å². The maximum Gasteiger partial charge on any atom is 0.188 e. The van der Waals surface area contributed by atoms with Crippen LogP contribution in [-0.2, 0) is 21.5 Å². The summed E-state index contributed by atoms with van der Waals surface area (Å²) in [6.07, 6.45) is 0. The zero-order chi connectivity index (χ0) is 20.5. The van der Waals surface area contributed by atoms with Crippen molar-refractivity contribution < 1.29 is 18.9 Å². The molecule has 3 aromatic rings. The average molecular weight is 392 g/mol. The van der Waals surface area contributed by atoms with Gasteiger partial charge in [0.25, 0.3) is 0 Å². The van der Waals surface area contributed by atoms with Crippen molar-refractivity contribution in [3.63, 3.8) is 0 Å². The molecular weight excluding hydrogens is 364 g/mol. The van der Waals surface area contributed by atoms with Crippen molar-refractivity contribution in [2.75, 3.05) is 20.5 Å². The lowest BCUT2D eigenvalue weighted by Crippen LogP contribution is -2.24. The number of benzene rings is 3. The van der Waals surface area contributed by atoms with Gasteiger partial charge in [0.15, 0.2) is 6.79 Å². The van der Waals surface area contributed by atoms with Crippen LogP contribution in [0.3, 0.4) is 0 Å². The van der Waals surface area contributed by atoms with E-state index in [9.17, 15) is 0 Å². The molecule has 0 saturated heterocycles. The van der Waals surface area contributed by atoms with E-state index in [-0.39, 0.29) is 12.2 Å². The van der Waals surface area contributed by atoms with E-state index < -0.39 is 0 Å². The topological polar surface area (TPSA) is 36.9 Å². The normalized spacial score (nSPS) is 11.3. The molecule has 0 unspecified atom stereocenters. The molecule has 0 atom stereocenters. The predicted molar refractivity (Wildman–Crippen MR) is 115 cm³/mol. The Morgan fingerprint density at radius 3 is 2.21 bits per heavy atom. The molecule has 0 amide bonds. The molecule has 0 fully saturated rings. The fourth-order valence-corrected chi connectivity index (χ4v) is 2.96. The zero-order valence-electron chi connectivity index (χ0n) is 17.3. The standard InChI is InChI=1S/C25H28O4/c1-25(2,21-12-14-22(15-13-21)28-19-26-3)18-27-17-20-8-7-11-24(16-20)29-23-9-5-4-6-10-23/h4-16H,17-19H2,1-3H3. The van der Waals surface area contributed by atoms with Gasteiger partial charge in [0, 0.05) is 12.5 Å². The molecule has 0 spiro atoms. The molecule has 4 heteroatoms. The fraction of sp³-hybridized carbons (Fsp3) is 0.280. The number of methoxy groups -OCH3 is 1. The van der Waals surface area contributed by atoms with Crippen LogP contribution >= 0.6 is 0 Å². The van der Waals surface area contributed by atoms with Gasteiger partial charge in [-0.2, -0.15) is 0 Å². The summed E-state index contributed by atoms with van der Waals surface area (Å²) in [5, 5.41) is 0. The number of para-hydroxylation sites is 1. The third-order valence-electron chi connectivity index (χ3n) is 4.59. The Morgan fingerprint density at radius 1 is 0.759 bits per heavy atom. The van der Waals surface area contributed by atoms with Crippen LogP contribution in [0.5, 0.6) is 17.2 Å². The summed E-state index contributed by atoms with van der Waals surface area (Å²) in [5.74, 6) is 2.43. The van der Waals surface area contributed by atoms with Crippen LogP contribution in [0.25, 0.3) is 0 Å². The Hall–Kier alpha value is -2.82. The van der Waals surface area contributed by atoms with E-state index in [1.54, 1.807) is 7.11 Å². The maximum atomic E-state index is 6.03. The molecule has 0 saturated carbocycles. The van der Waals surface area contributed by atoms with Crippen LogP contribution in [-0.4, -0.2) is 20.5 Å². The second kappa shape index (κ2) is 10.1. The highest BCUT2D eigenvalue weighted by atomic mass is 16.7. The van der Waals surface area contributed by atoms with E-state index in [4.69, 9.17) is 18.9 Å². The fourth-order valence-electron chi connectivity index (χ4n) is 2.96. The van der Waals surface area contributed by atoms with Crippen molar-refractivity contribution in [2.24, 2.45) is 0 Å². The first-order valence-corrected chi connectivity index (χ1v) is 9.69. The lowest BCUT2D eigenvalue weighted by molar-refractivity contribution is 0.0510. The smallest absolute Gasteiger partial charge is 0.188 e. The van der Waals surface area contributed by atoms with Gasteiger partial charge >= 0.3 is 0 Å². The lowest BCUT2D eigenvalue weighted by atomic mass is 9.85. The van der Waals surface area contributed by atoms with Crippen LogP contribution in [0, 0.1) is 0 Å². The minimum Gasteiger partial charge on any atom is -0.468 e. The Labute approximate surface area is 173 Å². The Balaban J connectivity index is 1.54. The van der Waals surface area contributed by atoms with Crippen molar-refractivity contribution in [1.82, 2.24) is 0 Å². The molecule has 3 aromatic carbocycles. The van der Waals surface area contributed by atoms with Crippen LogP contribution in [0.1, 0.15) is 25.0 Å². The Morgan fingerprint density at radius 2 is 1.48 bits per heavy atom. The first-order valence-electron chi connectivity index (χ1n) is 9.69. The molecule has 0 aromatic heterocycles. The summed E-state index contributed by atoms with van der Waals surface area (Å²) in [6.45, 7) is 5.73. The van der Waals surface area contributed by atoms with E-state index in [1.807, 2.05) is 66.7 Å². The Bertz CT molecular complexity index is 873. The van der Waals surface area contributed by atoms with E-state index in [2.05, 4.69) is 26.0 Å². The lowest BCUT2D eigenvalue weighted by Gasteiger charge is -2.25. The van der Waals surface area contributed by atoms with Crippen molar-refractivity contribution >= 4 is 0 Å². The number of hydrogen-bond acceptors (Lipinski definition) is 4. The molecule has 0 bridgehead atoms. The first-order chi connectivity index (χ1) is 14.1. The SMILES string of the molecule is COCOc1ccc(C(C)(C)COCc2cccc(Oc3ccccc3)c2)cc1. The van der Waals surface area contributed by atoms with Crippen molar-refractivity contribution in [2.45, 2.75) is 25.9 Å². The van der Waals surface area contributed by atoms with Gasteiger partial charge in [0.2, 0.25) is 0 Å². The maximum absolute atomic E-state index is 6.03. The van der Waals surface area contributed by atoms with Crippen LogP contribution in [0.15, 0.2) is 78.9 Å². The van der Waals surface area contributed by atoms with E-state index in [1.165, 1.54) is 5.56 Å². The van der Waals surface area contributed by atoms with Crippen molar-refractivity contribution in [1.29, 1.82) is 0 Å². The molecule has 0 aliphatic carbocycles. The van der Waals surface area contributed by atoms with Gasteiger partial charge in [0.05, 0.1) is 13.2 Å². The highest BCUT2D eigenvalue weighted by molar-refractivity contribution is 5.34. The third kappa shape index (κ3) is 6.34. The number of ether oxygens (including phenoxy) is 4. The van der Waals surface area contributed by atoms with Crippen molar-refractivity contribution in [3.05, 3.63) is 90.0 Å². The van der Waals surface area contributed by atoms with Gasteiger partial charge in [-0.15, -0.1) is 0 Å². The monoisotopic (exact) mass is 392 g/mol. The average Bonchev–Trinajstić information content (AvgIpc) is 2.73. The molecule has 29 heavy (non-hydrogen) atoms. The highest BCUT2D eigenvalue weighted by Crippen LogP contribution is 2.27. The van der Waals surface area contributed by atoms with Crippen LogP contribution in [0.4, 0.5) is 0 Å².